The Labute approximate surface area is 128 Å². The number of aromatic amines is 1. The lowest BCUT2D eigenvalue weighted by molar-refractivity contribution is 0.0952. The van der Waals surface area contributed by atoms with Crippen molar-refractivity contribution >= 4 is 16.8 Å². The zero-order chi connectivity index (χ0) is 15.4. The van der Waals surface area contributed by atoms with Crippen LogP contribution in [0.5, 0.6) is 0 Å². The number of ether oxygens (including phenoxy) is 1. The lowest BCUT2D eigenvalue weighted by Crippen LogP contribution is -2.23. The minimum absolute atomic E-state index is 0.123. The van der Waals surface area contributed by atoms with Crippen LogP contribution in [0.3, 0.4) is 0 Å². The number of methoxy groups -OCH3 is 1. The third-order valence-corrected chi connectivity index (χ3v) is 3.58. The minimum Gasteiger partial charge on any atom is -0.380 e. The van der Waals surface area contributed by atoms with E-state index in [1.165, 1.54) is 0 Å². The van der Waals surface area contributed by atoms with Crippen molar-refractivity contribution in [3.05, 3.63) is 65.4 Å². The first kappa shape index (κ1) is 14.3. The Kier molecular flexibility index (Phi) is 4.16. The molecule has 0 atom stereocenters. The second-order valence-corrected chi connectivity index (χ2v) is 5.02. The number of hydrogen-bond donors (Lipinski definition) is 2. The minimum atomic E-state index is -0.123. The second kappa shape index (κ2) is 6.41. The van der Waals surface area contributed by atoms with Crippen LogP contribution in [-0.4, -0.2) is 23.2 Å². The first-order valence-electron chi connectivity index (χ1n) is 7.05. The molecule has 0 fully saturated rings. The number of rotatable bonds is 5. The van der Waals surface area contributed by atoms with Crippen LogP contribution < -0.4 is 5.32 Å². The summed E-state index contributed by atoms with van der Waals surface area (Å²) < 4.78 is 5.18. The molecule has 5 heteroatoms. The molecular formula is C17H17N3O2. The molecule has 0 aliphatic heterocycles. The lowest BCUT2D eigenvalue weighted by atomic mass is 10.1. The summed E-state index contributed by atoms with van der Waals surface area (Å²) in [6.07, 6.45) is 1.71. The quantitative estimate of drug-likeness (QED) is 0.760. The number of carbonyl (C=O) groups is 1. The summed E-state index contributed by atoms with van der Waals surface area (Å²) in [5.74, 6) is -0.123. The molecule has 1 heterocycles. The van der Waals surface area contributed by atoms with E-state index in [0.717, 1.165) is 22.0 Å². The van der Waals surface area contributed by atoms with Crippen LogP contribution in [0.15, 0.2) is 48.7 Å². The average Bonchev–Trinajstić information content (AvgIpc) is 3.02. The molecule has 0 aliphatic carbocycles. The predicted octanol–water partition coefficient (Wildman–Crippen LogP) is 2.64. The lowest BCUT2D eigenvalue weighted by Gasteiger charge is -2.10. The van der Waals surface area contributed by atoms with Gasteiger partial charge in [-0.3, -0.25) is 9.89 Å². The largest absolute Gasteiger partial charge is 0.380 e. The first-order valence-corrected chi connectivity index (χ1v) is 7.05. The van der Waals surface area contributed by atoms with Crippen molar-refractivity contribution in [2.75, 3.05) is 7.11 Å². The molecule has 22 heavy (non-hydrogen) atoms. The number of fused-ring (bicyclic) bond motifs is 1. The SMILES string of the molecule is COCc1ccccc1CNC(=O)c1cccc2cn[nH]c12. The van der Waals surface area contributed by atoms with Gasteiger partial charge in [-0.15, -0.1) is 0 Å². The standard InChI is InChI=1S/C17H17N3O2/c1-22-11-14-6-3-2-5-12(14)9-18-17(21)15-8-4-7-13-10-19-20-16(13)15/h2-8,10H,9,11H2,1H3,(H,18,21)(H,19,20). The highest BCUT2D eigenvalue weighted by atomic mass is 16.5. The van der Waals surface area contributed by atoms with E-state index >= 15 is 0 Å². The van der Waals surface area contributed by atoms with Gasteiger partial charge < -0.3 is 10.1 Å². The van der Waals surface area contributed by atoms with Gasteiger partial charge in [0.2, 0.25) is 0 Å². The van der Waals surface area contributed by atoms with Gasteiger partial charge in [0, 0.05) is 19.0 Å². The van der Waals surface area contributed by atoms with Crippen LogP contribution in [-0.2, 0) is 17.9 Å². The molecule has 1 amide bonds. The van der Waals surface area contributed by atoms with Crippen LogP contribution in [0.4, 0.5) is 0 Å². The summed E-state index contributed by atoms with van der Waals surface area (Å²) in [7, 11) is 1.66. The molecular weight excluding hydrogens is 278 g/mol. The number of hydrogen-bond acceptors (Lipinski definition) is 3. The van der Waals surface area contributed by atoms with Gasteiger partial charge in [-0.1, -0.05) is 36.4 Å². The normalized spacial score (nSPS) is 10.8. The molecule has 3 aromatic rings. The van der Waals surface area contributed by atoms with Crippen molar-refractivity contribution in [3.63, 3.8) is 0 Å². The Bertz CT molecular complexity index is 795. The molecule has 112 valence electrons. The Hall–Kier alpha value is -2.66. The van der Waals surface area contributed by atoms with E-state index in [4.69, 9.17) is 4.74 Å². The number of nitrogens with one attached hydrogen (secondary N) is 2. The number of amides is 1. The summed E-state index contributed by atoms with van der Waals surface area (Å²) in [6.45, 7) is 0.991. The van der Waals surface area contributed by atoms with Gasteiger partial charge in [-0.25, -0.2) is 0 Å². The fraction of sp³-hybridized carbons (Fsp3) is 0.176. The molecule has 2 aromatic carbocycles. The fourth-order valence-electron chi connectivity index (χ4n) is 2.46. The van der Waals surface area contributed by atoms with E-state index in [-0.39, 0.29) is 5.91 Å². The maximum Gasteiger partial charge on any atom is 0.253 e. The molecule has 0 unspecified atom stereocenters. The third-order valence-electron chi connectivity index (χ3n) is 3.58. The summed E-state index contributed by atoms with van der Waals surface area (Å²) >= 11 is 0. The van der Waals surface area contributed by atoms with Gasteiger partial charge in [-0.2, -0.15) is 5.10 Å². The van der Waals surface area contributed by atoms with Crippen LogP contribution in [0.2, 0.25) is 0 Å². The summed E-state index contributed by atoms with van der Waals surface area (Å²) in [6, 6.07) is 13.5. The molecule has 0 saturated carbocycles. The number of para-hydroxylation sites is 1. The monoisotopic (exact) mass is 295 g/mol. The van der Waals surface area contributed by atoms with Crippen molar-refractivity contribution < 1.29 is 9.53 Å². The van der Waals surface area contributed by atoms with Gasteiger partial charge >= 0.3 is 0 Å². The zero-order valence-electron chi connectivity index (χ0n) is 12.3. The zero-order valence-corrected chi connectivity index (χ0v) is 12.3. The molecule has 0 radical (unpaired) electrons. The highest BCUT2D eigenvalue weighted by Crippen LogP contribution is 2.16. The van der Waals surface area contributed by atoms with Crippen LogP contribution in [0.1, 0.15) is 21.5 Å². The highest BCUT2D eigenvalue weighted by molar-refractivity contribution is 6.05. The predicted molar refractivity (Wildman–Crippen MR) is 84.4 cm³/mol. The first-order chi connectivity index (χ1) is 10.8. The molecule has 0 spiro atoms. The van der Waals surface area contributed by atoms with Gasteiger partial charge in [0.05, 0.1) is 23.9 Å². The van der Waals surface area contributed by atoms with Gasteiger partial charge in [-0.05, 0) is 17.2 Å². The molecule has 5 nitrogen and oxygen atoms in total. The Morgan fingerprint density at radius 1 is 1.18 bits per heavy atom. The summed E-state index contributed by atoms with van der Waals surface area (Å²) in [4.78, 5) is 12.4. The van der Waals surface area contributed by atoms with Gasteiger partial charge in [0.1, 0.15) is 0 Å². The average molecular weight is 295 g/mol. The maximum atomic E-state index is 12.4. The van der Waals surface area contributed by atoms with Gasteiger partial charge in [0.25, 0.3) is 5.91 Å². The van der Waals surface area contributed by atoms with Crippen molar-refractivity contribution in [3.8, 4) is 0 Å². The Balaban J connectivity index is 1.77. The molecule has 2 N–H and O–H groups in total. The Morgan fingerprint density at radius 2 is 2.00 bits per heavy atom. The number of benzene rings is 2. The van der Waals surface area contributed by atoms with E-state index in [9.17, 15) is 4.79 Å². The number of aromatic nitrogens is 2. The van der Waals surface area contributed by atoms with E-state index in [1.807, 2.05) is 36.4 Å². The van der Waals surface area contributed by atoms with Crippen LogP contribution >= 0.6 is 0 Å². The van der Waals surface area contributed by atoms with Crippen molar-refractivity contribution in [1.29, 1.82) is 0 Å². The highest BCUT2D eigenvalue weighted by Gasteiger charge is 2.11. The Morgan fingerprint density at radius 3 is 2.82 bits per heavy atom. The number of nitrogens with zero attached hydrogens (tertiary/aromatic N) is 1. The van der Waals surface area contributed by atoms with Crippen molar-refractivity contribution in [1.82, 2.24) is 15.5 Å². The summed E-state index contributed by atoms with van der Waals surface area (Å²) in [5.41, 5.74) is 3.48. The van der Waals surface area contributed by atoms with Crippen molar-refractivity contribution in [2.45, 2.75) is 13.2 Å². The molecule has 3 rings (SSSR count). The molecule has 1 aromatic heterocycles. The van der Waals surface area contributed by atoms with Crippen molar-refractivity contribution in [2.24, 2.45) is 0 Å². The fourth-order valence-corrected chi connectivity index (χ4v) is 2.46. The molecule has 0 aliphatic rings. The van der Waals surface area contributed by atoms with Crippen LogP contribution in [0, 0.1) is 0 Å². The smallest absolute Gasteiger partial charge is 0.253 e. The molecule has 0 bridgehead atoms. The third kappa shape index (κ3) is 2.84. The topological polar surface area (TPSA) is 67.0 Å². The summed E-state index contributed by atoms with van der Waals surface area (Å²) in [5, 5.41) is 10.7. The second-order valence-electron chi connectivity index (χ2n) is 5.02. The molecule has 0 saturated heterocycles. The number of H-pyrrole nitrogens is 1. The van der Waals surface area contributed by atoms with E-state index in [0.29, 0.717) is 18.7 Å². The van der Waals surface area contributed by atoms with E-state index in [1.54, 1.807) is 19.4 Å². The van der Waals surface area contributed by atoms with E-state index in [2.05, 4.69) is 15.5 Å². The maximum absolute atomic E-state index is 12.4. The van der Waals surface area contributed by atoms with Gasteiger partial charge in [0.15, 0.2) is 0 Å². The number of carbonyl (C=O) groups excluding carboxylic acids is 1. The van der Waals surface area contributed by atoms with E-state index < -0.39 is 0 Å². The van der Waals surface area contributed by atoms with Crippen LogP contribution in [0.25, 0.3) is 10.9 Å².